The van der Waals surface area contributed by atoms with Crippen LogP contribution in [0.4, 0.5) is 0 Å². The van der Waals surface area contributed by atoms with Gasteiger partial charge in [-0.3, -0.25) is 4.79 Å². The third-order valence-electron chi connectivity index (χ3n) is 0.730. The van der Waals surface area contributed by atoms with Crippen molar-refractivity contribution >= 4 is 0 Å². The first-order valence-corrected chi connectivity index (χ1v) is 2.06. The first-order valence-electron chi connectivity index (χ1n) is 2.06. The summed E-state index contributed by atoms with van der Waals surface area (Å²) in [6.07, 6.45) is 2.20. The maximum absolute atomic E-state index is 10.3. The minimum atomic E-state index is -0.420. The third-order valence-corrected chi connectivity index (χ3v) is 0.730. The van der Waals surface area contributed by atoms with E-state index in [1.165, 1.54) is 6.26 Å². The molecule has 3 nitrogen and oxygen atoms in total. The van der Waals surface area contributed by atoms with Crippen LogP contribution in [-0.4, -0.2) is 5.11 Å². The second kappa shape index (κ2) is 5.56. The van der Waals surface area contributed by atoms with Gasteiger partial charge in [-0.1, -0.05) is 0 Å². The number of hydrogen-bond acceptors (Lipinski definition) is 3. The average Bonchev–Trinajstić information content (AvgIpc) is 1.77. The van der Waals surface area contributed by atoms with Crippen LogP contribution >= 0.6 is 0 Å². The Morgan fingerprint density at radius 2 is 2.00 bits per heavy atom. The summed E-state index contributed by atoms with van der Waals surface area (Å²) in [5.74, 6) is -0.354. The zero-order chi connectivity index (χ0) is 5.98. The molecular formula is C5H4Fe2O3. The second-order valence-electron chi connectivity index (χ2n) is 1.31. The maximum atomic E-state index is 10.3. The topological polar surface area (TPSA) is 50.4 Å². The molecule has 0 unspecified atom stereocenters. The van der Waals surface area contributed by atoms with E-state index in [1.807, 2.05) is 0 Å². The summed E-state index contributed by atoms with van der Waals surface area (Å²) in [6.45, 7) is 0. The van der Waals surface area contributed by atoms with E-state index in [9.17, 15) is 4.79 Å². The van der Waals surface area contributed by atoms with E-state index < -0.39 is 5.43 Å². The van der Waals surface area contributed by atoms with Gasteiger partial charge in [0.1, 0.15) is 6.26 Å². The van der Waals surface area contributed by atoms with E-state index in [1.54, 1.807) is 0 Å². The molecule has 0 spiro atoms. The molecule has 0 radical (unpaired) electrons. The van der Waals surface area contributed by atoms with Crippen LogP contribution in [0.15, 0.2) is 27.8 Å². The minimum absolute atomic E-state index is 0. The van der Waals surface area contributed by atoms with Crippen molar-refractivity contribution in [2.75, 3.05) is 0 Å². The van der Waals surface area contributed by atoms with Crippen molar-refractivity contribution in [3.05, 3.63) is 28.8 Å². The van der Waals surface area contributed by atoms with Gasteiger partial charge in [-0.05, 0) is 0 Å². The van der Waals surface area contributed by atoms with Crippen LogP contribution in [0.2, 0.25) is 0 Å². The Bertz CT molecular complexity index is 232. The summed E-state index contributed by atoms with van der Waals surface area (Å²) >= 11 is 0. The summed E-state index contributed by atoms with van der Waals surface area (Å²) in [7, 11) is 0. The van der Waals surface area contributed by atoms with Crippen LogP contribution in [0.5, 0.6) is 5.75 Å². The standard InChI is InChI=1S/C5H4O3.2Fe/c6-4-1-2-8-3-5(4)7;;/h1-3,7H;;. The van der Waals surface area contributed by atoms with Gasteiger partial charge in [-0.15, -0.1) is 0 Å². The molecule has 5 heteroatoms. The van der Waals surface area contributed by atoms with Crippen LogP contribution in [0.25, 0.3) is 0 Å². The molecule has 58 valence electrons. The van der Waals surface area contributed by atoms with Crippen molar-refractivity contribution in [2.24, 2.45) is 0 Å². The van der Waals surface area contributed by atoms with Crippen molar-refractivity contribution in [1.82, 2.24) is 0 Å². The predicted octanol–water partition coefficient (Wildman–Crippen LogP) is 0.340. The average molecular weight is 224 g/mol. The Morgan fingerprint density at radius 3 is 2.30 bits per heavy atom. The van der Waals surface area contributed by atoms with E-state index in [0.29, 0.717) is 0 Å². The summed E-state index contributed by atoms with van der Waals surface area (Å²) in [4.78, 5) is 10.3. The Labute approximate surface area is 78.4 Å². The monoisotopic (exact) mass is 224 g/mol. The molecule has 1 N–H and O–H groups in total. The fourth-order valence-corrected chi connectivity index (χ4v) is 0.348. The van der Waals surface area contributed by atoms with Crippen LogP contribution in [-0.2, 0) is 34.1 Å². The Kier molecular flexibility index (Phi) is 6.94. The molecule has 0 aliphatic carbocycles. The maximum Gasteiger partial charge on any atom is 0.226 e. The van der Waals surface area contributed by atoms with Crippen LogP contribution in [0.1, 0.15) is 0 Å². The molecule has 1 aromatic heterocycles. The molecule has 0 amide bonds. The first kappa shape index (κ1) is 12.5. The summed E-state index contributed by atoms with van der Waals surface area (Å²) < 4.78 is 4.44. The van der Waals surface area contributed by atoms with E-state index in [0.717, 1.165) is 12.3 Å². The van der Waals surface area contributed by atoms with E-state index in [2.05, 4.69) is 4.42 Å². The van der Waals surface area contributed by atoms with E-state index in [-0.39, 0.29) is 39.9 Å². The molecule has 0 bridgehead atoms. The van der Waals surface area contributed by atoms with Crippen LogP contribution in [0.3, 0.4) is 0 Å². The van der Waals surface area contributed by atoms with Gasteiger partial charge in [-0.25, -0.2) is 0 Å². The van der Waals surface area contributed by atoms with Crippen molar-refractivity contribution in [1.29, 1.82) is 0 Å². The van der Waals surface area contributed by atoms with Gasteiger partial charge < -0.3 is 9.52 Å². The Balaban J connectivity index is 0. The van der Waals surface area contributed by atoms with E-state index in [4.69, 9.17) is 5.11 Å². The van der Waals surface area contributed by atoms with Gasteiger partial charge in [0.15, 0.2) is 5.75 Å². The number of rotatable bonds is 0. The SMILES string of the molecule is O=c1ccocc1O.[Fe].[Fe]. The summed E-state index contributed by atoms with van der Waals surface area (Å²) in [5.41, 5.74) is -0.420. The second-order valence-corrected chi connectivity index (χ2v) is 1.31. The zero-order valence-corrected chi connectivity index (χ0v) is 6.91. The molecule has 0 atom stereocenters. The molecule has 0 aliphatic rings. The van der Waals surface area contributed by atoms with Gasteiger partial charge in [-0.2, -0.15) is 0 Å². The van der Waals surface area contributed by atoms with Gasteiger partial charge in [0.2, 0.25) is 5.43 Å². The molecule has 0 fully saturated rings. The Hall–Kier alpha value is -0.211. The van der Waals surface area contributed by atoms with Crippen molar-refractivity contribution in [3.63, 3.8) is 0 Å². The molecule has 0 aromatic carbocycles. The van der Waals surface area contributed by atoms with Gasteiger partial charge in [0.25, 0.3) is 0 Å². The van der Waals surface area contributed by atoms with Crippen molar-refractivity contribution in [2.45, 2.75) is 0 Å². The molecule has 0 saturated carbocycles. The molecule has 0 aliphatic heterocycles. The molecule has 1 heterocycles. The fourth-order valence-electron chi connectivity index (χ4n) is 0.348. The molecule has 1 aromatic rings. The molecule has 10 heavy (non-hydrogen) atoms. The third kappa shape index (κ3) is 3.08. The van der Waals surface area contributed by atoms with Crippen LogP contribution < -0.4 is 5.43 Å². The smallest absolute Gasteiger partial charge is 0.226 e. The predicted molar refractivity (Wildman–Crippen MR) is 26.6 cm³/mol. The molecule has 0 saturated heterocycles. The normalized spacial score (nSPS) is 7.20. The molecule has 1 rings (SSSR count). The van der Waals surface area contributed by atoms with Crippen molar-refractivity contribution < 1.29 is 43.7 Å². The van der Waals surface area contributed by atoms with E-state index >= 15 is 0 Å². The van der Waals surface area contributed by atoms with Gasteiger partial charge in [0.05, 0.1) is 6.26 Å². The van der Waals surface area contributed by atoms with Crippen LogP contribution in [0, 0.1) is 0 Å². The quantitative estimate of drug-likeness (QED) is 0.646. The largest absolute Gasteiger partial charge is 0.502 e. The number of hydrogen-bond donors (Lipinski definition) is 1. The molecular weight excluding hydrogens is 220 g/mol. The summed E-state index contributed by atoms with van der Waals surface area (Å²) in [6, 6.07) is 1.15. The van der Waals surface area contributed by atoms with Crippen molar-refractivity contribution in [3.8, 4) is 5.75 Å². The summed E-state index contributed by atoms with van der Waals surface area (Å²) in [5, 5.41) is 8.51. The number of aromatic hydroxyl groups is 1. The minimum Gasteiger partial charge on any atom is -0.502 e. The Morgan fingerprint density at radius 1 is 1.40 bits per heavy atom. The van der Waals surface area contributed by atoms with Gasteiger partial charge >= 0.3 is 0 Å². The fraction of sp³-hybridized carbons (Fsp3) is 0. The van der Waals surface area contributed by atoms with Gasteiger partial charge in [0, 0.05) is 40.2 Å². The zero-order valence-electron chi connectivity index (χ0n) is 4.70. The first-order chi connectivity index (χ1) is 3.80.